The summed E-state index contributed by atoms with van der Waals surface area (Å²) in [5, 5.41) is 0. The lowest BCUT2D eigenvalue weighted by molar-refractivity contribution is 0.436. The predicted molar refractivity (Wildman–Crippen MR) is 29.0 cm³/mol. The van der Waals surface area contributed by atoms with Crippen molar-refractivity contribution in [1.29, 1.82) is 0 Å². The summed E-state index contributed by atoms with van der Waals surface area (Å²) in [6.07, 6.45) is 4.56. The van der Waals surface area contributed by atoms with Crippen molar-refractivity contribution >= 4 is 11.8 Å². The molecule has 1 saturated heterocycles. The first-order valence-electron chi connectivity index (χ1n) is 2.55. The van der Waals surface area contributed by atoms with Crippen LogP contribution in [0.25, 0.3) is 0 Å². The molecule has 1 spiro atoms. The van der Waals surface area contributed by atoms with E-state index in [2.05, 4.69) is 11.8 Å². The summed E-state index contributed by atoms with van der Waals surface area (Å²) >= 11 is 2.16. The molecule has 34 valence electrons. The van der Waals surface area contributed by atoms with Crippen LogP contribution in [0, 0.1) is 0 Å². The Labute approximate surface area is 42.3 Å². The summed E-state index contributed by atoms with van der Waals surface area (Å²) in [7, 11) is 0. The van der Waals surface area contributed by atoms with Crippen LogP contribution in [0.15, 0.2) is 0 Å². The highest BCUT2D eigenvalue weighted by atomic mass is 32.2. The van der Waals surface area contributed by atoms with E-state index in [1.54, 1.807) is 0 Å². The highest BCUT2D eigenvalue weighted by Crippen LogP contribution is 2.58. The van der Waals surface area contributed by atoms with E-state index in [4.69, 9.17) is 0 Å². The van der Waals surface area contributed by atoms with E-state index >= 15 is 0 Å². The maximum absolute atomic E-state index is 2.16. The fourth-order valence-corrected chi connectivity index (χ4v) is 2.03. The van der Waals surface area contributed by atoms with Gasteiger partial charge < -0.3 is 0 Å². The quantitative estimate of drug-likeness (QED) is 0.417. The Morgan fingerprint density at radius 1 is 1.33 bits per heavy atom. The Balaban J connectivity index is 2.09. The first-order valence-corrected chi connectivity index (χ1v) is 3.54. The molecule has 2 aliphatic rings. The zero-order valence-corrected chi connectivity index (χ0v) is 4.55. The fourth-order valence-electron chi connectivity index (χ4n) is 0.962. The summed E-state index contributed by atoms with van der Waals surface area (Å²) in [4.78, 5) is 0. The maximum atomic E-state index is 2.16. The van der Waals surface area contributed by atoms with Crippen molar-refractivity contribution in [2.75, 3.05) is 5.75 Å². The zero-order valence-electron chi connectivity index (χ0n) is 3.74. The van der Waals surface area contributed by atoms with Gasteiger partial charge in [-0.05, 0) is 12.8 Å². The van der Waals surface area contributed by atoms with Crippen LogP contribution in [0.4, 0.5) is 0 Å². The molecule has 0 unspecified atom stereocenters. The molecule has 1 heteroatoms. The lowest BCUT2D eigenvalue weighted by Gasteiger charge is -2.21. The van der Waals surface area contributed by atoms with Crippen LogP contribution in [0.5, 0.6) is 0 Å². The minimum atomic E-state index is 0.889. The Kier molecular flexibility index (Phi) is 0.441. The Morgan fingerprint density at radius 2 is 2.00 bits per heavy atom. The monoisotopic (exact) mass is 100 g/mol. The van der Waals surface area contributed by atoms with Gasteiger partial charge in [-0.25, -0.2) is 0 Å². The molecule has 1 heterocycles. The Hall–Kier alpha value is 0.350. The highest BCUT2D eigenvalue weighted by molar-refractivity contribution is 8.07. The first-order chi connectivity index (χ1) is 2.91. The van der Waals surface area contributed by atoms with Crippen LogP contribution in [0.3, 0.4) is 0 Å². The number of rotatable bonds is 0. The highest BCUT2D eigenvalue weighted by Gasteiger charge is 2.48. The van der Waals surface area contributed by atoms with Crippen molar-refractivity contribution in [1.82, 2.24) is 0 Å². The van der Waals surface area contributed by atoms with Gasteiger partial charge in [-0.1, -0.05) is 6.42 Å². The molecule has 0 aromatic carbocycles. The van der Waals surface area contributed by atoms with Gasteiger partial charge in [-0.3, -0.25) is 0 Å². The Morgan fingerprint density at radius 3 is 2.00 bits per heavy atom. The molecule has 1 aliphatic carbocycles. The SMILES string of the molecule is C1CC2(C1)CS2. The zero-order chi connectivity index (χ0) is 4.04. The van der Waals surface area contributed by atoms with E-state index in [0.717, 1.165) is 4.75 Å². The van der Waals surface area contributed by atoms with Gasteiger partial charge in [0.05, 0.1) is 0 Å². The van der Waals surface area contributed by atoms with E-state index in [-0.39, 0.29) is 0 Å². The van der Waals surface area contributed by atoms with Gasteiger partial charge >= 0.3 is 0 Å². The van der Waals surface area contributed by atoms with Crippen molar-refractivity contribution in [3.63, 3.8) is 0 Å². The largest absolute Gasteiger partial charge is 0.153 e. The molecule has 0 nitrogen and oxygen atoms in total. The molecule has 0 aromatic heterocycles. The molecular formula is C5H8S. The van der Waals surface area contributed by atoms with Crippen molar-refractivity contribution in [2.24, 2.45) is 0 Å². The summed E-state index contributed by atoms with van der Waals surface area (Å²) in [5.41, 5.74) is 0. The average molecular weight is 100 g/mol. The summed E-state index contributed by atoms with van der Waals surface area (Å²) < 4.78 is 0.889. The van der Waals surface area contributed by atoms with E-state index in [1.807, 2.05) is 0 Å². The van der Waals surface area contributed by atoms with Crippen molar-refractivity contribution in [2.45, 2.75) is 24.0 Å². The second kappa shape index (κ2) is 0.786. The lowest BCUT2D eigenvalue weighted by atomic mass is 9.87. The summed E-state index contributed by atoms with van der Waals surface area (Å²) in [6, 6.07) is 0. The van der Waals surface area contributed by atoms with Gasteiger partial charge in [0.15, 0.2) is 0 Å². The third kappa shape index (κ3) is 0.274. The number of hydrogen-bond donors (Lipinski definition) is 0. The standard InChI is InChI=1S/C5H8S/c1-2-5(3-1)4-6-5/h1-4H2. The van der Waals surface area contributed by atoms with Gasteiger partial charge in [-0.2, -0.15) is 11.8 Å². The van der Waals surface area contributed by atoms with Crippen LogP contribution in [-0.4, -0.2) is 10.5 Å². The van der Waals surface area contributed by atoms with Crippen LogP contribution in [-0.2, 0) is 0 Å². The van der Waals surface area contributed by atoms with Crippen LogP contribution in [0.2, 0.25) is 0 Å². The topological polar surface area (TPSA) is 0 Å². The minimum Gasteiger partial charge on any atom is -0.153 e. The van der Waals surface area contributed by atoms with Crippen molar-refractivity contribution in [3.8, 4) is 0 Å². The molecule has 6 heavy (non-hydrogen) atoms. The number of thioether (sulfide) groups is 1. The van der Waals surface area contributed by atoms with Crippen LogP contribution in [0.1, 0.15) is 19.3 Å². The average Bonchev–Trinajstić information content (AvgIpc) is 2.02. The molecule has 1 aliphatic heterocycles. The second-order valence-corrected chi connectivity index (χ2v) is 3.77. The molecule has 0 aromatic rings. The minimum absolute atomic E-state index is 0.889. The molecule has 0 atom stereocenters. The molecule has 0 amide bonds. The van der Waals surface area contributed by atoms with E-state index in [9.17, 15) is 0 Å². The molecule has 1 saturated carbocycles. The third-order valence-electron chi connectivity index (χ3n) is 1.82. The van der Waals surface area contributed by atoms with Gasteiger partial charge in [-0.15, -0.1) is 0 Å². The molecular weight excluding hydrogens is 92.1 g/mol. The van der Waals surface area contributed by atoms with E-state index < -0.39 is 0 Å². The first kappa shape index (κ1) is 3.36. The van der Waals surface area contributed by atoms with Crippen molar-refractivity contribution < 1.29 is 0 Å². The summed E-state index contributed by atoms with van der Waals surface area (Å²) in [6.45, 7) is 0. The predicted octanol–water partition coefficient (Wildman–Crippen LogP) is 1.66. The normalized spacial score (nSPS) is 36.0. The Bertz CT molecular complexity index is 68.0. The second-order valence-electron chi connectivity index (χ2n) is 2.33. The summed E-state index contributed by atoms with van der Waals surface area (Å²) in [5.74, 6) is 1.48. The van der Waals surface area contributed by atoms with Crippen molar-refractivity contribution in [3.05, 3.63) is 0 Å². The van der Waals surface area contributed by atoms with E-state index in [0.29, 0.717) is 0 Å². The molecule has 0 radical (unpaired) electrons. The molecule has 0 N–H and O–H groups in total. The maximum Gasteiger partial charge on any atom is 0.0251 e. The van der Waals surface area contributed by atoms with Gasteiger partial charge in [0.2, 0.25) is 0 Å². The lowest BCUT2D eigenvalue weighted by Crippen LogP contribution is -2.18. The van der Waals surface area contributed by atoms with Crippen LogP contribution < -0.4 is 0 Å². The van der Waals surface area contributed by atoms with E-state index in [1.165, 1.54) is 25.0 Å². The molecule has 0 bridgehead atoms. The van der Waals surface area contributed by atoms with Gasteiger partial charge in [0.1, 0.15) is 0 Å². The van der Waals surface area contributed by atoms with Gasteiger partial charge in [0.25, 0.3) is 0 Å². The molecule has 2 rings (SSSR count). The fraction of sp³-hybridized carbons (Fsp3) is 1.00. The van der Waals surface area contributed by atoms with Crippen LogP contribution >= 0.6 is 11.8 Å². The smallest absolute Gasteiger partial charge is 0.0251 e. The molecule has 2 fully saturated rings. The third-order valence-corrected chi connectivity index (χ3v) is 3.33. The number of hydrogen-bond acceptors (Lipinski definition) is 1. The van der Waals surface area contributed by atoms with Gasteiger partial charge in [0, 0.05) is 10.5 Å².